The third kappa shape index (κ3) is 1.60. The zero-order valence-electron chi connectivity index (χ0n) is 12.0. The van der Waals surface area contributed by atoms with Gasteiger partial charge in [-0.15, -0.1) is 0 Å². The lowest BCUT2D eigenvalue weighted by molar-refractivity contribution is 0.235. The SMILES string of the molecule is c1c(C2CC3CCC2C3)nn2c1NCC1CNCCC12. The monoisotopic (exact) mass is 272 g/mol. The van der Waals surface area contributed by atoms with Crippen LogP contribution < -0.4 is 10.6 Å². The molecule has 3 fully saturated rings. The number of hydrogen-bond acceptors (Lipinski definition) is 3. The third-order valence-electron chi connectivity index (χ3n) is 6.30. The summed E-state index contributed by atoms with van der Waals surface area (Å²) in [6.45, 7) is 3.39. The smallest absolute Gasteiger partial charge is 0.124 e. The summed E-state index contributed by atoms with van der Waals surface area (Å²) < 4.78 is 2.33. The molecule has 0 amide bonds. The molecule has 1 aromatic heterocycles. The van der Waals surface area contributed by atoms with Crippen LogP contribution in [0, 0.1) is 17.8 Å². The van der Waals surface area contributed by atoms with E-state index in [-0.39, 0.29) is 0 Å². The molecule has 2 aliphatic heterocycles. The molecule has 5 unspecified atom stereocenters. The Morgan fingerprint density at radius 1 is 1.10 bits per heavy atom. The summed E-state index contributed by atoms with van der Waals surface area (Å²) in [6.07, 6.45) is 7.02. The van der Waals surface area contributed by atoms with Gasteiger partial charge in [0, 0.05) is 31.0 Å². The van der Waals surface area contributed by atoms with E-state index in [4.69, 9.17) is 5.10 Å². The number of rotatable bonds is 1. The predicted octanol–water partition coefficient (Wildman–Crippen LogP) is 2.36. The number of anilines is 1. The summed E-state index contributed by atoms with van der Waals surface area (Å²) in [6, 6.07) is 2.99. The summed E-state index contributed by atoms with van der Waals surface area (Å²) >= 11 is 0. The number of nitrogens with one attached hydrogen (secondary N) is 2. The quantitative estimate of drug-likeness (QED) is 0.824. The van der Waals surface area contributed by atoms with E-state index in [1.54, 1.807) is 0 Å². The minimum Gasteiger partial charge on any atom is -0.370 e. The van der Waals surface area contributed by atoms with E-state index in [0.717, 1.165) is 37.4 Å². The molecule has 4 heteroatoms. The largest absolute Gasteiger partial charge is 0.370 e. The molecule has 4 aliphatic rings. The molecule has 1 aromatic rings. The second-order valence-electron chi connectivity index (χ2n) is 7.38. The maximum Gasteiger partial charge on any atom is 0.124 e. The number of nitrogens with zero attached hydrogens (tertiary/aromatic N) is 2. The van der Waals surface area contributed by atoms with Crippen LogP contribution in [-0.2, 0) is 0 Å². The summed E-state index contributed by atoms with van der Waals surface area (Å²) in [5.41, 5.74) is 1.39. The molecule has 5 atom stereocenters. The van der Waals surface area contributed by atoms with Gasteiger partial charge >= 0.3 is 0 Å². The molecule has 2 saturated carbocycles. The Morgan fingerprint density at radius 2 is 2.10 bits per heavy atom. The number of piperidine rings is 1. The fourth-order valence-electron chi connectivity index (χ4n) is 5.26. The van der Waals surface area contributed by atoms with Crippen LogP contribution in [0.15, 0.2) is 6.07 Å². The lowest BCUT2D eigenvalue weighted by Gasteiger charge is -2.37. The molecule has 1 saturated heterocycles. The summed E-state index contributed by atoms with van der Waals surface area (Å²) in [5, 5.41) is 12.2. The molecule has 20 heavy (non-hydrogen) atoms. The zero-order chi connectivity index (χ0) is 13.1. The van der Waals surface area contributed by atoms with E-state index >= 15 is 0 Å². The van der Waals surface area contributed by atoms with E-state index < -0.39 is 0 Å². The first-order valence-corrected chi connectivity index (χ1v) is 8.42. The summed E-state index contributed by atoms with van der Waals surface area (Å²) in [5.74, 6) is 4.69. The van der Waals surface area contributed by atoms with Crippen molar-refractivity contribution in [3.8, 4) is 0 Å². The van der Waals surface area contributed by atoms with Crippen LogP contribution in [0.1, 0.15) is 49.8 Å². The van der Waals surface area contributed by atoms with E-state index in [0.29, 0.717) is 12.0 Å². The van der Waals surface area contributed by atoms with E-state index in [1.807, 2.05) is 0 Å². The minimum atomic E-state index is 0.625. The average Bonchev–Trinajstić information content (AvgIpc) is 3.21. The van der Waals surface area contributed by atoms with Crippen molar-refractivity contribution >= 4 is 5.82 Å². The standard InChI is InChI=1S/C16H24N4/c1-2-11-5-10(1)6-13(11)14-7-16-18-9-12-8-17-4-3-15(12)20(16)19-14/h7,10-13,15,17-18H,1-6,8-9H2. The van der Waals surface area contributed by atoms with E-state index in [9.17, 15) is 0 Å². The second kappa shape index (κ2) is 4.23. The van der Waals surface area contributed by atoms with Gasteiger partial charge < -0.3 is 10.6 Å². The Kier molecular flexibility index (Phi) is 2.46. The number of fused-ring (bicyclic) bond motifs is 5. The van der Waals surface area contributed by atoms with Crippen LogP contribution in [0.25, 0.3) is 0 Å². The molecule has 3 heterocycles. The maximum atomic E-state index is 5.06. The molecular weight excluding hydrogens is 248 g/mol. The maximum absolute atomic E-state index is 5.06. The molecule has 0 radical (unpaired) electrons. The molecule has 4 nitrogen and oxygen atoms in total. The first-order valence-electron chi connectivity index (χ1n) is 8.42. The highest BCUT2D eigenvalue weighted by atomic mass is 15.4. The van der Waals surface area contributed by atoms with Crippen molar-refractivity contribution in [2.45, 2.75) is 44.1 Å². The van der Waals surface area contributed by atoms with E-state index in [1.165, 1.54) is 43.6 Å². The van der Waals surface area contributed by atoms with Gasteiger partial charge in [-0.05, 0) is 44.1 Å². The fraction of sp³-hybridized carbons (Fsp3) is 0.812. The van der Waals surface area contributed by atoms with Crippen molar-refractivity contribution < 1.29 is 0 Å². The second-order valence-corrected chi connectivity index (χ2v) is 7.38. The molecule has 108 valence electrons. The van der Waals surface area contributed by atoms with Crippen LogP contribution in [-0.4, -0.2) is 29.4 Å². The Bertz CT molecular complexity index is 523. The van der Waals surface area contributed by atoms with Gasteiger partial charge in [0.05, 0.1) is 11.7 Å². The minimum absolute atomic E-state index is 0.625. The Labute approximate surface area is 120 Å². The summed E-state index contributed by atoms with van der Waals surface area (Å²) in [7, 11) is 0. The zero-order valence-corrected chi connectivity index (χ0v) is 12.0. The third-order valence-corrected chi connectivity index (χ3v) is 6.30. The van der Waals surface area contributed by atoms with Crippen molar-refractivity contribution in [2.75, 3.05) is 25.0 Å². The van der Waals surface area contributed by atoms with Gasteiger partial charge in [-0.3, -0.25) is 0 Å². The van der Waals surface area contributed by atoms with Crippen LogP contribution >= 0.6 is 0 Å². The van der Waals surface area contributed by atoms with E-state index in [2.05, 4.69) is 21.4 Å². The number of aromatic nitrogens is 2. The van der Waals surface area contributed by atoms with Crippen LogP contribution in [0.4, 0.5) is 5.82 Å². The average molecular weight is 272 g/mol. The first kappa shape index (κ1) is 11.6. The van der Waals surface area contributed by atoms with Crippen LogP contribution in [0.2, 0.25) is 0 Å². The van der Waals surface area contributed by atoms with Crippen molar-refractivity contribution in [3.05, 3.63) is 11.8 Å². The van der Waals surface area contributed by atoms with Gasteiger partial charge in [-0.25, -0.2) is 4.68 Å². The topological polar surface area (TPSA) is 41.9 Å². The lowest BCUT2D eigenvalue weighted by atomic mass is 9.86. The van der Waals surface area contributed by atoms with Crippen molar-refractivity contribution in [2.24, 2.45) is 17.8 Å². The highest BCUT2D eigenvalue weighted by molar-refractivity contribution is 5.41. The molecule has 5 rings (SSSR count). The van der Waals surface area contributed by atoms with Crippen LogP contribution in [0.5, 0.6) is 0 Å². The first-order chi connectivity index (χ1) is 9.88. The molecule has 0 spiro atoms. The Morgan fingerprint density at radius 3 is 2.95 bits per heavy atom. The molecule has 2 bridgehead atoms. The van der Waals surface area contributed by atoms with Gasteiger partial charge in [0.25, 0.3) is 0 Å². The van der Waals surface area contributed by atoms with Gasteiger partial charge in [0.15, 0.2) is 0 Å². The fourth-order valence-corrected chi connectivity index (χ4v) is 5.26. The van der Waals surface area contributed by atoms with Gasteiger partial charge in [-0.1, -0.05) is 6.42 Å². The highest BCUT2D eigenvalue weighted by Gasteiger charge is 2.42. The summed E-state index contributed by atoms with van der Waals surface area (Å²) in [4.78, 5) is 0. The number of hydrogen-bond donors (Lipinski definition) is 2. The molecule has 2 aliphatic carbocycles. The van der Waals surface area contributed by atoms with Crippen LogP contribution in [0.3, 0.4) is 0 Å². The van der Waals surface area contributed by atoms with Gasteiger partial charge in [0.2, 0.25) is 0 Å². The highest BCUT2D eigenvalue weighted by Crippen LogP contribution is 2.53. The lowest BCUT2D eigenvalue weighted by Crippen LogP contribution is -2.44. The predicted molar refractivity (Wildman–Crippen MR) is 78.9 cm³/mol. The molecule has 2 N–H and O–H groups in total. The molecule has 0 aromatic carbocycles. The Balaban J connectivity index is 1.47. The van der Waals surface area contributed by atoms with Crippen molar-refractivity contribution in [1.29, 1.82) is 0 Å². The van der Waals surface area contributed by atoms with Crippen molar-refractivity contribution in [1.82, 2.24) is 15.1 Å². The Hall–Kier alpha value is -1.03. The molecular formula is C16H24N4. The van der Waals surface area contributed by atoms with Crippen molar-refractivity contribution in [3.63, 3.8) is 0 Å². The van der Waals surface area contributed by atoms with Gasteiger partial charge in [0.1, 0.15) is 5.82 Å². The normalized spacial score (nSPS) is 42.1. The van der Waals surface area contributed by atoms with Gasteiger partial charge in [-0.2, -0.15) is 5.10 Å².